The lowest BCUT2D eigenvalue weighted by Crippen LogP contribution is -3.15. The van der Waals surface area contributed by atoms with E-state index < -0.39 is 22.1 Å². The van der Waals surface area contributed by atoms with E-state index in [-0.39, 0.29) is 25.1 Å². The molecule has 1 amide bonds. The number of hydrogen-bond acceptors (Lipinski definition) is 11. The van der Waals surface area contributed by atoms with Crippen molar-refractivity contribution in [2.75, 3.05) is 19.7 Å². The molecule has 2 atom stereocenters. The minimum Gasteiger partial charge on any atom is -0.748 e. The van der Waals surface area contributed by atoms with E-state index in [0.29, 0.717) is 44.0 Å². The predicted molar refractivity (Wildman–Crippen MR) is 137 cm³/mol. The molecule has 38 heavy (non-hydrogen) atoms. The Hall–Kier alpha value is -3.65. The number of phenols is 1. The van der Waals surface area contributed by atoms with Gasteiger partial charge in [-0.15, -0.1) is 0 Å². The number of aromatic hydroxyl groups is 1. The molecule has 1 saturated heterocycles. The maximum absolute atomic E-state index is 13.6. The first-order valence-electron chi connectivity index (χ1n) is 11.3. The second kappa shape index (κ2) is 11.0. The molecule has 2 aromatic carbocycles. The molecule has 0 radical (unpaired) electrons. The zero-order chi connectivity index (χ0) is 27.6. The molecule has 11 nitrogen and oxygen atoms in total. The Kier molecular flexibility index (Phi) is 7.92. The van der Waals surface area contributed by atoms with Crippen LogP contribution in [-0.4, -0.2) is 54.8 Å². The Labute approximate surface area is 223 Å². The third-order valence-corrected chi connectivity index (χ3v) is 6.59. The molecule has 5 rings (SSSR count). The van der Waals surface area contributed by atoms with Crippen molar-refractivity contribution in [3.63, 3.8) is 0 Å². The summed E-state index contributed by atoms with van der Waals surface area (Å²) in [6, 6.07) is 11.4. The Morgan fingerprint density at radius 3 is 2.55 bits per heavy atom. The van der Waals surface area contributed by atoms with E-state index in [9.17, 15) is 14.7 Å². The van der Waals surface area contributed by atoms with Crippen LogP contribution in [0.1, 0.15) is 31.0 Å². The molecular weight excluding hydrogens is 536 g/mol. The molecule has 2 N–H and O–H groups in total. The molecule has 3 heterocycles. The van der Waals surface area contributed by atoms with E-state index in [4.69, 9.17) is 27.2 Å². The summed E-state index contributed by atoms with van der Waals surface area (Å²) < 4.78 is 43.5. The van der Waals surface area contributed by atoms with Crippen molar-refractivity contribution in [1.82, 2.24) is 0 Å². The third-order valence-electron chi connectivity index (χ3n) is 5.56. The summed E-state index contributed by atoms with van der Waals surface area (Å²) in [6.45, 7) is 3.83. The van der Waals surface area contributed by atoms with Crippen LogP contribution in [0.4, 0.5) is 0 Å². The second-order valence-corrected chi connectivity index (χ2v) is 10.8. The maximum atomic E-state index is 13.6. The molecule has 13 heteroatoms. The summed E-state index contributed by atoms with van der Waals surface area (Å²) in [5.74, 6) is 0.644. The van der Waals surface area contributed by atoms with Gasteiger partial charge >= 0.3 is 11.9 Å². The highest BCUT2D eigenvalue weighted by molar-refractivity contribution is 8.18. The summed E-state index contributed by atoms with van der Waals surface area (Å²) in [5, 5.41) is 10.1. The van der Waals surface area contributed by atoms with Crippen LogP contribution in [0.25, 0.3) is 6.08 Å². The van der Waals surface area contributed by atoms with Crippen molar-refractivity contribution in [2.24, 2.45) is 4.99 Å². The molecule has 3 aliphatic heterocycles. The molecule has 0 aliphatic carbocycles. The number of carbonyl (C=O) groups excluding carboxylic acids is 2. The van der Waals surface area contributed by atoms with Crippen molar-refractivity contribution in [1.29, 1.82) is 0 Å². The predicted octanol–water partition coefficient (Wildman–Crippen LogP) is 1.73. The smallest absolute Gasteiger partial charge is 0.358 e. The van der Waals surface area contributed by atoms with Gasteiger partial charge < -0.3 is 23.9 Å². The zero-order valence-electron chi connectivity index (χ0n) is 20.6. The van der Waals surface area contributed by atoms with Gasteiger partial charge in [-0.2, -0.15) is 4.99 Å². The van der Waals surface area contributed by atoms with Gasteiger partial charge in [-0.25, -0.2) is 22.9 Å². The van der Waals surface area contributed by atoms with Crippen LogP contribution in [0.3, 0.4) is 0 Å². The summed E-state index contributed by atoms with van der Waals surface area (Å²) in [4.78, 5) is 32.1. The van der Waals surface area contributed by atoms with E-state index in [1.54, 1.807) is 56.3 Å². The van der Waals surface area contributed by atoms with Crippen molar-refractivity contribution in [2.45, 2.75) is 19.9 Å². The lowest BCUT2D eigenvalue weighted by Gasteiger charge is -2.27. The van der Waals surface area contributed by atoms with Crippen molar-refractivity contribution in [3.8, 4) is 17.2 Å². The van der Waals surface area contributed by atoms with Crippen molar-refractivity contribution >= 4 is 45.0 Å². The number of fused-ring (bicyclic) bond motifs is 2. The number of amidine groups is 1. The van der Waals surface area contributed by atoms with Crippen LogP contribution in [0.5, 0.6) is 17.2 Å². The number of aliphatic imine (C=N–C) groups is 1. The first kappa shape index (κ1) is 27.4. The highest BCUT2D eigenvalue weighted by atomic mass is 32.2. The van der Waals surface area contributed by atoms with Gasteiger partial charge in [0.2, 0.25) is 6.79 Å². The molecule has 2 aromatic rings. The minimum atomic E-state index is -3.92. The van der Waals surface area contributed by atoms with Crippen LogP contribution in [0.2, 0.25) is 0 Å². The normalized spacial score (nSPS) is 21.0. The fraction of sp³-hybridized carbons (Fsp3) is 0.240. The molecule has 0 spiro atoms. The third kappa shape index (κ3) is 6.07. The highest BCUT2D eigenvalue weighted by Crippen LogP contribution is 2.38. The van der Waals surface area contributed by atoms with Crippen LogP contribution in [0.15, 0.2) is 63.6 Å². The summed E-state index contributed by atoms with van der Waals surface area (Å²) in [5.41, 5.74) is 2.36. The fourth-order valence-corrected chi connectivity index (χ4v) is 5.17. The number of quaternary nitrogens is 1. The number of benzene rings is 2. The van der Waals surface area contributed by atoms with E-state index in [2.05, 4.69) is 4.99 Å². The monoisotopic (exact) mass is 560 g/mol. The SMILES string of the molecule is CCOC(=O)C1=C(C)N=C2SC(=Cc3ccc(O)cc3)C(=O)[NH+]2C1c1ccc2c(c1)OCO2.CS(=O)(=O)[O-]. The molecule has 0 bridgehead atoms. The molecule has 200 valence electrons. The zero-order valence-corrected chi connectivity index (χ0v) is 22.2. The first-order valence-corrected chi connectivity index (χ1v) is 14.0. The second-order valence-electron chi connectivity index (χ2n) is 8.33. The number of esters is 1. The van der Waals surface area contributed by atoms with Crippen LogP contribution in [0, 0.1) is 0 Å². The lowest BCUT2D eigenvalue weighted by atomic mass is 9.94. The largest absolute Gasteiger partial charge is 0.748 e. The number of phenolic OH excluding ortho intramolecular Hbond substituents is 1. The lowest BCUT2D eigenvalue weighted by molar-refractivity contribution is -0.744. The van der Waals surface area contributed by atoms with Gasteiger partial charge in [-0.05, 0) is 55.8 Å². The molecule has 0 aromatic heterocycles. The standard InChI is InChI=1S/C24H20N2O6S.CH4O3S/c1-3-30-23(29)20-13(2)25-24-26(21(20)15-6-9-17-18(11-15)32-12-31-17)22(28)19(33-24)10-14-4-7-16(27)8-5-14;1-5(2,3)4/h4-11,21,27H,3,12H2,1-2H3;1H3,(H,2,3,4). The van der Waals surface area contributed by atoms with Crippen LogP contribution in [-0.2, 0) is 24.4 Å². The number of thioether (sulfide) groups is 1. The van der Waals surface area contributed by atoms with Crippen LogP contribution < -0.4 is 14.4 Å². The van der Waals surface area contributed by atoms with Crippen molar-refractivity contribution < 1.29 is 46.8 Å². The average molecular weight is 561 g/mol. The number of carbonyl (C=O) groups is 2. The van der Waals surface area contributed by atoms with E-state index in [1.807, 2.05) is 6.07 Å². The molecule has 0 saturated carbocycles. The number of rotatable bonds is 4. The molecule has 3 aliphatic rings. The van der Waals surface area contributed by atoms with Gasteiger partial charge in [0.25, 0.3) is 5.17 Å². The Balaban J connectivity index is 0.000000617. The van der Waals surface area contributed by atoms with E-state index in [1.165, 1.54) is 11.8 Å². The summed E-state index contributed by atoms with van der Waals surface area (Å²) >= 11 is 1.28. The van der Waals surface area contributed by atoms with Gasteiger partial charge in [0.05, 0.1) is 22.4 Å². The van der Waals surface area contributed by atoms with Crippen molar-refractivity contribution in [3.05, 3.63) is 69.8 Å². The van der Waals surface area contributed by atoms with Gasteiger partial charge in [-0.3, -0.25) is 0 Å². The fourth-order valence-electron chi connectivity index (χ4n) is 4.06. The first-order chi connectivity index (χ1) is 18.0. The maximum Gasteiger partial charge on any atom is 0.358 e. The van der Waals surface area contributed by atoms with Gasteiger partial charge in [0, 0.05) is 23.6 Å². The summed E-state index contributed by atoms with van der Waals surface area (Å²) in [7, 11) is -3.92. The minimum absolute atomic E-state index is 0.126. The molecule has 1 fully saturated rings. The number of allylic oxidation sites excluding steroid dienone is 1. The van der Waals surface area contributed by atoms with E-state index in [0.717, 1.165) is 11.1 Å². The summed E-state index contributed by atoms with van der Waals surface area (Å²) in [6.07, 6.45) is 2.36. The number of nitrogens with one attached hydrogen (secondary N) is 1. The highest BCUT2D eigenvalue weighted by Gasteiger charge is 2.51. The van der Waals surface area contributed by atoms with E-state index >= 15 is 0 Å². The number of amides is 1. The number of ether oxygens (including phenoxy) is 3. The number of nitrogens with zero attached hydrogens (tertiary/aromatic N) is 1. The van der Waals surface area contributed by atoms with Gasteiger partial charge in [-0.1, -0.05) is 12.1 Å². The quantitative estimate of drug-likeness (QED) is 0.321. The molecule has 2 unspecified atom stereocenters. The number of hydrogen-bond donors (Lipinski definition) is 2. The average Bonchev–Trinajstić information content (AvgIpc) is 3.42. The van der Waals surface area contributed by atoms with Gasteiger partial charge in [0.1, 0.15) is 16.2 Å². The Morgan fingerprint density at radius 2 is 1.89 bits per heavy atom. The molecular formula is C25H24N2O9S2. The van der Waals surface area contributed by atoms with Crippen LogP contribution >= 0.6 is 11.8 Å². The van der Waals surface area contributed by atoms with Gasteiger partial charge in [0.15, 0.2) is 17.5 Å². The topological polar surface area (TPSA) is 156 Å². The Morgan fingerprint density at radius 1 is 1.24 bits per heavy atom. The Bertz CT molecular complexity index is 1470.